The van der Waals surface area contributed by atoms with Crippen LogP contribution in [-0.4, -0.2) is 43.9 Å². The quantitative estimate of drug-likeness (QED) is 0.369. The standard InChI is InChI=1S/C14H24ClN3O2S/c1-3-16-14(17-8-5-9-20-4-2)18-10-11(19)12-6-7-13(15)21-12/h6-7,11,19H,3-5,8-10H2,1-2H3,(H2,16,17,18). The first-order valence-corrected chi connectivity index (χ1v) is 8.40. The van der Waals surface area contributed by atoms with Gasteiger partial charge in [-0.05, 0) is 32.4 Å². The van der Waals surface area contributed by atoms with Gasteiger partial charge in [-0.15, -0.1) is 11.3 Å². The van der Waals surface area contributed by atoms with Gasteiger partial charge in [0.05, 0.1) is 10.9 Å². The first kappa shape index (κ1) is 18.2. The van der Waals surface area contributed by atoms with Crippen molar-refractivity contribution in [3.8, 4) is 0 Å². The first-order valence-electron chi connectivity index (χ1n) is 7.20. The Bertz CT molecular complexity index is 426. The van der Waals surface area contributed by atoms with Gasteiger partial charge in [-0.3, -0.25) is 4.99 Å². The van der Waals surface area contributed by atoms with E-state index in [1.807, 2.05) is 19.9 Å². The Labute approximate surface area is 135 Å². The van der Waals surface area contributed by atoms with E-state index < -0.39 is 6.10 Å². The van der Waals surface area contributed by atoms with Crippen molar-refractivity contribution in [3.63, 3.8) is 0 Å². The zero-order valence-corrected chi connectivity index (χ0v) is 14.1. The molecule has 0 amide bonds. The van der Waals surface area contributed by atoms with Gasteiger partial charge in [0.1, 0.15) is 6.10 Å². The summed E-state index contributed by atoms with van der Waals surface area (Å²) < 4.78 is 5.96. The molecule has 1 rings (SSSR count). The van der Waals surface area contributed by atoms with E-state index in [1.165, 1.54) is 11.3 Å². The Morgan fingerprint density at radius 2 is 2.24 bits per heavy atom. The highest BCUT2D eigenvalue weighted by atomic mass is 35.5. The van der Waals surface area contributed by atoms with Crippen molar-refractivity contribution in [2.45, 2.75) is 26.4 Å². The number of nitrogens with zero attached hydrogens (tertiary/aromatic N) is 1. The minimum Gasteiger partial charge on any atom is -0.386 e. The molecule has 0 fully saturated rings. The molecular formula is C14H24ClN3O2S. The second-order valence-electron chi connectivity index (χ2n) is 4.35. The zero-order valence-electron chi connectivity index (χ0n) is 12.6. The lowest BCUT2D eigenvalue weighted by Crippen LogP contribution is -2.38. The largest absolute Gasteiger partial charge is 0.386 e. The third-order valence-electron chi connectivity index (χ3n) is 2.65. The highest BCUT2D eigenvalue weighted by molar-refractivity contribution is 7.16. The summed E-state index contributed by atoms with van der Waals surface area (Å²) >= 11 is 7.24. The molecule has 7 heteroatoms. The summed E-state index contributed by atoms with van der Waals surface area (Å²) in [5.74, 6) is 0.704. The van der Waals surface area contributed by atoms with E-state index in [4.69, 9.17) is 16.3 Å². The lowest BCUT2D eigenvalue weighted by molar-refractivity contribution is 0.145. The van der Waals surface area contributed by atoms with E-state index in [9.17, 15) is 5.11 Å². The molecule has 1 unspecified atom stereocenters. The summed E-state index contributed by atoms with van der Waals surface area (Å²) in [6, 6.07) is 3.61. The Balaban J connectivity index is 2.39. The average molecular weight is 334 g/mol. The summed E-state index contributed by atoms with van der Waals surface area (Å²) in [6.45, 7) is 7.33. The van der Waals surface area contributed by atoms with Gasteiger partial charge in [-0.25, -0.2) is 0 Å². The Morgan fingerprint density at radius 3 is 2.86 bits per heavy atom. The first-order chi connectivity index (χ1) is 10.2. The number of aliphatic hydroxyl groups excluding tert-OH is 1. The molecule has 0 aliphatic rings. The maximum absolute atomic E-state index is 10.1. The second-order valence-corrected chi connectivity index (χ2v) is 6.10. The molecule has 1 aromatic heterocycles. The van der Waals surface area contributed by atoms with Crippen molar-refractivity contribution in [3.05, 3.63) is 21.3 Å². The van der Waals surface area contributed by atoms with E-state index in [1.54, 1.807) is 6.07 Å². The molecule has 0 aromatic carbocycles. The molecule has 0 aliphatic heterocycles. The van der Waals surface area contributed by atoms with Crippen LogP contribution >= 0.6 is 22.9 Å². The summed E-state index contributed by atoms with van der Waals surface area (Å²) in [6.07, 6.45) is 0.294. The summed E-state index contributed by atoms with van der Waals surface area (Å²) in [5, 5.41) is 16.4. The molecule has 3 N–H and O–H groups in total. The summed E-state index contributed by atoms with van der Waals surface area (Å²) in [4.78, 5) is 5.21. The van der Waals surface area contributed by atoms with Gasteiger partial charge in [0.2, 0.25) is 0 Å². The number of nitrogens with one attached hydrogen (secondary N) is 2. The van der Waals surface area contributed by atoms with Crippen LogP contribution in [0.15, 0.2) is 17.1 Å². The van der Waals surface area contributed by atoms with Gasteiger partial charge in [0.15, 0.2) is 5.96 Å². The monoisotopic (exact) mass is 333 g/mol. The van der Waals surface area contributed by atoms with Crippen LogP contribution < -0.4 is 10.6 Å². The number of rotatable bonds is 9. The molecule has 0 spiro atoms. The van der Waals surface area contributed by atoms with Gasteiger partial charge >= 0.3 is 0 Å². The van der Waals surface area contributed by atoms with Gasteiger partial charge < -0.3 is 20.5 Å². The van der Waals surface area contributed by atoms with Crippen molar-refractivity contribution in [1.29, 1.82) is 0 Å². The van der Waals surface area contributed by atoms with Gasteiger partial charge in [0.25, 0.3) is 0 Å². The van der Waals surface area contributed by atoms with Gasteiger partial charge in [-0.1, -0.05) is 11.6 Å². The molecule has 0 radical (unpaired) electrons. The lowest BCUT2D eigenvalue weighted by atomic mass is 10.3. The molecule has 0 saturated carbocycles. The fraction of sp³-hybridized carbons (Fsp3) is 0.643. The maximum atomic E-state index is 10.1. The van der Waals surface area contributed by atoms with Crippen LogP contribution in [0.3, 0.4) is 0 Å². The van der Waals surface area contributed by atoms with Crippen molar-refractivity contribution < 1.29 is 9.84 Å². The van der Waals surface area contributed by atoms with Gasteiger partial charge in [-0.2, -0.15) is 0 Å². The predicted octanol–water partition coefficient (Wildman–Crippen LogP) is 2.42. The number of hydrogen-bond acceptors (Lipinski definition) is 4. The van der Waals surface area contributed by atoms with Crippen LogP contribution in [-0.2, 0) is 4.74 Å². The number of ether oxygens (including phenoxy) is 1. The molecule has 21 heavy (non-hydrogen) atoms. The minimum absolute atomic E-state index is 0.303. The van der Waals surface area contributed by atoms with Crippen LogP contribution in [0.4, 0.5) is 0 Å². The number of guanidine groups is 1. The van der Waals surface area contributed by atoms with Gasteiger partial charge in [0, 0.05) is 31.2 Å². The highest BCUT2D eigenvalue weighted by Gasteiger charge is 2.10. The zero-order chi connectivity index (χ0) is 15.5. The van der Waals surface area contributed by atoms with Crippen molar-refractivity contribution in [2.24, 2.45) is 4.99 Å². The molecule has 5 nitrogen and oxygen atoms in total. The number of aliphatic imine (C=N–C) groups is 1. The molecule has 1 atom stereocenters. The smallest absolute Gasteiger partial charge is 0.191 e. The molecule has 0 bridgehead atoms. The number of thiophene rings is 1. The normalized spacial score (nSPS) is 13.2. The number of hydrogen-bond donors (Lipinski definition) is 3. The Morgan fingerprint density at radius 1 is 1.43 bits per heavy atom. The van der Waals surface area contributed by atoms with Crippen molar-refractivity contribution in [2.75, 3.05) is 32.8 Å². The van der Waals surface area contributed by atoms with Crippen LogP contribution in [0.2, 0.25) is 4.34 Å². The van der Waals surface area contributed by atoms with E-state index in [0.717, 1.165) is 37.6 Å². The molecule has 1 aromatic rings. The SMILES string of the molecule is CCNC(=NCC(O)c1ccc(Cl)s1)NCCCOCC. The van der Waals surface area contributed by atoms with Crippen LogP contribution in [0, 0.1) is 0 Å². The molecular weight excluding hydrogens is 310 g/mol. The fourth-order valence-electron chi connectivity index (χ4n) is 1.64. The lowest BCUT2D eigenvalue weighted by Gasteiger charge is -2.12. The third-order valence-corrected chi connectivity index (χ3v) is 3.98. The molecule has 0 saturated heterocycles. The molecule has 120 valence electrons. The predicted molar refractivity (Wildman–Crippen MR) is 89.4 cm³/mol. The van der Waals surface area contributed by atoms with E-state index in [-0.39, 0.29) is 0 Å². The summed E-state index contributed by atoms with van der Waals surface area (Å²) in [5.41, 5.74) is 0. The summed E-state index contributed by atoms with van der Waals surface area (Å²) in [7, 11) is 0. The van der Waals surface area contributed by atoms with E-state index in [0.29, 0.717) is 16.8 Å². The van der Waals surface area contributed by atoms with Crippen LogP contribution in [0.5, 0.6) is 0 Å². The van der Waals surface area contributed by atoms with Crippen molar-refractivity contribution in [1.82, 2.24) is 10.6 Å². The molecule has 0 aliphatic carbocycles. The number of aliphatic hydroxyl groups is 1. The van der Waals surface area contributed by atoms with Crippen LogP contribution in [0.1, 0.15) is 31.2 Å². The average Bonchev–Trinajstić information content (AvgIpc) is 2.90. The molecule has 1 heterocycles. The van der Waals surface area contributed by atoms with Crippen molar-refractivity contribution >= 4 is 28.9 Å². The topological polar surface area (TPSA) is 65.9 Å². The number of halogens is 1. The third kappa shape index (κ3) is 7.66. The van der Waals surface area contributed by atoms with E-state index in [2.05, 4.69) is 15.6 Å². The maximum Gasteiger partial charge on any atom is 0.191 e. The highest BCUT2D eigenvalue weighted by Crippen LogP contribution is 2.26. The fourth-order valence-corrected chi connectivity index (χ4v) is 2.68. The minimum atomic E-state index is -0.624. The van der Waals surface area contributed by atoms with E-state index >= 15 is 0 Å². The van der Waals surface area contributed by atoms with Crippen LogP contribution in [0.25, 0.3) is 0 Å². The Hall–Kier alpha value is -0.820. The Kier molecular flexibility index (Phi) is 9.41. The second kappa shape index (κ2) is 10.8.